The summed E-state index contributed by atoms with van der Waals surface area (Å²) in [5.41, 5.74) is 5.08. The zero-order valence-corrected chi connectivity index (χ0v) is 19.4. The fourth-order valence-corrected chi connectivity index (χ4v) is 3.64. The number of hydrogen-bond donors (Lipinski definition) is 2. The molecule has 0 bridgehead atoms. The van der Waals surface area contributed by atoms with Crippen molar-refractivity contribution in [1.82, 2.24) is 20.4 Å². The quantitative estimate of drug-likeness (QED) is 0.418. The summed E-state index contributed by atoms with van der Waals surface area (Å²) in [5, 5.41) is 10.4. The Morgan fingerprint density at radius 3 is 2.15 bits per heavy atom. The second-order valence-corrected chi connectivity index (χ2v) is 8.34. The molecule has 2 N–H and O–H groups in total. The summed E-state index contributed by atoms with van der Waals surface area (Å²) in [6.07, 6.45) is 1.74. The average Bonchev–Trinajstić information content (AvgIpc) is 3.28. The van der Waals surface area contributed by atoms with E-state index in [9.17, 15) is 9.59 Å². The van der Waals surface area contributed by atoms with E-state index < -0.39 is 6.04 Å². The number of benzene rings is 3. The SMILES string of the molecule is Cc1ccc(-c2nn(Cc3ccccc3)cc2C(=O)NC(C)C(=O)NCc2ccccc2)cc1. The fraction of sp³-hybridized carbons (Fsp3) is 0.179. The van der Waals surface area contributed by atoms with Crippen molar-refractivity contribution in [2.75, 3.05) is 0 Å². The van der Waals surface area contributed by atoms with E-state index >= 15 is 0 Å². The first-order valence-electron chi connectivity index (χ1n) is 11.3. The molecule has 0 saturated carbocycles. The molecule has 6 heteroatoms. The Kier molecular flexibility index (Phi) is 7.18. The Hall–Kier alpha value is -4.19. The van der Waals surface area contributed by atoms with Gasteiger partial charge in [-0.15, -0.1) is 0 Å². The van der Waals surface area contributed by atoms with Gasteiger partial charge in [0, 0.05) is 18.3 Å². The topological polar surface area (TPSA) is 76.0 Å². The molecule has 0 aliphatic carbocycles. The minimum absolute atomic E-state index is 0.245. The number of hydrogen-bond acceptors (Lipinski definition) is 3. The largest absolute Gasteiger partial charge is 0.350 e. The molecule has 1 unspecified atom stereocenters. The predicted octanol–water partition coefficient (Wildman–Crippen LogP) is 4.34. The number of rotatable bonds is 8. The summed E-state index contributed by atoms with van der Waals surface area (Å²) in [7, 11) is 0. The molecule has 1 aromatic heterocycles. The maximum atomic E-state index is 13.2. The highest BCUT2D eigenvalue weighted by Gasteiger charge is 2.22. The second-order valence-electron chi connectivity index (χ2n) is 8.34. The summed E-state index contributed by atoms with van der Waals surface area (Å²) in [5.74, 6) is -0.581. The van der Waals surface area contributed by atoms with E-state index in [2.05, 4.69) is 10.6 Å². The molecule has 4 rings (SSSR count). The smallest absolute Gasteiger partial charge is 0.255 e. The second kappa shape index (κ2) is 10.6. The molecule has 0 radical (unpaired) electrons. The third kappa shape index (κ3) is 5.78. The lowest BCUT2D eigenvalue weighted by atomic mass is 10.1. The van der Waals surface area contributed by atoms with Gasteiger partial charge in [-0.1, -0.05) is 90.5 Å². The lowest BCUT2D eigenvalue weighted by molar-refractivity contribution is -0.122. The Bertz CT molecular complexity index is 1250. The van der Waals surface area contributed by atoms with Gasteiger partial charge in [0.05, 0.1) is 12.1 Å². The van der Waals surface area contributed by atoms with E-state index in [1.807, 2.05) is 91.9 Å². The van der Waals surface area contributed by atoms with Gasteiger partial charge in [0.2, 0.25) is 5.91 Å². The maximum Gasteiger partial charge on any atom is 0.255 e. The van der Waals surface area contributed by atoms with Crippen LogP contribution in [0, 0.1) is 6.92 Å². The molecule has 1 heterocycles. The van der Waals surface area contributed by atoms with Crippen LogP contribution < -0.4 is 10.6 Å². The van der Waals surface area contributed by atoms with Gasteiger partial charge in [0.25, 0.3) is 5.91 Å². The van der Waals surface area contributed by atoms with Crippen molar-refractivity contribution in [1.29, 1.82) is 0 Å². The van der Waals surface area contributed by atoms with E-state index in [1.54, 1.807) is 17.8 Å². The van der Waals surface area contributed by atoms with Gasteiger partial charge in [-0.2, -0.15) is 5.10 Å². The Balaban J connectivity index is 1.51. The number of aromatic nitrogens is 2. The van der Waals surface area contributed by atoms with E-state index in [0.717, 1.165) is 22.3 Å². The van der Waals surface area contributed by atoms with Crippen LogP contribution in [0.4, 0.5) is 0 Å². The number of nitrogens with zero attached hydrogens (tertiary/aromatic N) is 2. The highest BCUT2D eigenvalue weighted by molar-refractivity contribution is 6.01. The van der Waals surface area contributed by atoms with Gasteiger partial charge in [-0.05, 0) is 25.0 Å². The molecule has 0 aliphatic rings. The van der Waals surface area contributed by atoms with Crippen LogP contribution in [0.3, 0.4) is 0 Å². The zero-order chi connectivity index (χ0) is 23.9. The molecular formula is C28H28N4O2. The van der Waals surface area contributed by atoms with Gasteiger partial charge in [0.1, 0.15) is 11.7 Å². The summed E-state index contributed by atoms with van der Waals surface area (Å²) in [4.78, 5) is 25.8. The van der Waals surface area contributed by atoms with Crippen LogP contribution in [0.5, 0.6) is 0 Å². The van der Waals surface area contributed by atoms with Crippen molar-refractivity contribution in [3.63, 3.8) is 0 Å². The molecule has 0 saturated heterocycles. The van der Waals surface area contributed by atoms with Crippen LogP contribution in [0.2, 0.25) is 0 Å². The van der Waals surface area contributed by atoms with E-state index in [-0.39, 0.29) is 11.8 Å². The molecule has 172 valence electrons. The maximum absolute atomic E-state index is 13.2. The highest BCUT2D eigenvalue weighted by Crippen LogP contribution is 2.23. The van der Waals surface area contributed by atoms with Crippen LogP contribution in [-0.2, 0) is 17.9 Å². The first kappa shape index (κ1) is 23.0. The number of aryl methyl sites for hydroxylation is 1. The van der Waals surface area contributed by atoms with Gasteiger partial charge in [-0.3, -0.25) is 14.3 Å². The molecule has 6 nitrogen and oxygen atoms in total. The lowest BCUT2D eigenvalue weighted by Gasteiger charge is -2.14. The van der Waals surface area contributed by atoms with Gasteiger partial charge in [-0.25, -0.2) is 0 Å². The molecule has 4 aromatic rings. The Labute approximate surface area is 199 Å². The highest BCUT2D eigenvalue weighted by atomic mass is 16.2. The molecule has 0 aliphatic heterocycles. The monoisotopic (exact) mass is 452 g/mol. The first-order valence-corrected chi connectivity index (χ1v) is 11.3. The number of carbonyl (C=O) groups is 2. The fourth-order valence-electron chi connectivity index (χ4n) is 3.64. The van der Waals surface area contributed by atoms with Crippen molar-refractivity contribution in [2.45, 2.75) is 33.0 Å². The standard InChI is InChI=1S/C28H28N4O2/c1-20-13-15-24(16-14-20)26-25(19-32(31-26)18-23-11-7-4-8-12-23)28(34)30-21(2)27(33)29-17-22-9-5-3-6-10-22/h3-16,19,21H,17-18H2,1-2H3,(H,29,33)(H,30,34). The molecule has 0 spiro atoms. The van der Waals surface area contributed by atoms with Gasteiger partial charge >= 0.3 is 0 Å². The first-order chi connectivity index (χ1) is 16.5. The molecular weight excluding hydrogens is 424 g/mol. The normalized spacial score (nSPS) is 11.6. The van der Waals surface area contributed by atoms with Crippen LogP contribution in [-0.4, -0.2) is 27.6 Å². The van der Waals surface area contributed by atoms with Crippen LogP contribution in [0.1, 0.15) is 34.0 Å². The van der Waals surface area contributed by atoms with Gasteiger partial charge < -0.3 is 10.6 Å². The Morgan fingerprint density at radius 2 is 1.50 bits per heavy atom. The molecule has 1 atom stereocenters. The Morgan fingerprint density at radius 1 is 0.882 bits per heavy atom. The minimum atomic E-state index is -0.695. The van der Waals surface area contributed by atoms with Crippen LogP contribution >= 0.6 is 0 Å². The van der Waals surface area contributed by atoms with Crippen molar-refractivity contribution in [3.8, 4) is 11.3 Å². The molecule has 3 aromatic carbocycles. The lowest BCUT2D eigenvalue weighted by Crippen LogP contribution is -2.44. The minimum Gasteiger partial charge on any atom is -0.350 e. The summed E-state index contributed by atoms with van der Waals surface area (Å²) in [6, 6.07) is 26.8. The zero-order valence-electron chi connectivity index (χ0n) is 19.4. The molecule has 2 amide bonds. The van der Waals surface area contributed by atoms with E-state index in [1.165, 1.54) is 0 Å². The number of carbonyl (C=O) groups excluding carboxylic acids is 2. The van der Waals surface area contributed by atoms with Crippen LogP contribution in [0.15, 0.2) is 91.1 Å². The summed E-state index contributed by atoms with van der Waals surface area (Å²) < 4.78 is 1.76. The third-order valence-corrected chi connectivity index (χ3v) is 5.57. The number of nitrogens with one attached hydrogen (secondary N) is 2. The predicted molar refractivity (Wildman–Crippen MR) is 133 cm³/mol. The van der Waals surface area contributed by atoms with Crippen molar-refractivity contribution >= 4 is 11.8 Å². The van der Waals surface area contributed by atoms with E-state index in [0.29, 0.717) is 24.3 Å². The van der Waals surface area contributed by atoms with Crippen molar-refractivity contribution < 1.29 is 9.59 Å². The summed E-state index contributed by atoms with van der Waals surface area (Å²) in [6.45, 7) is 4.64. The average molecular weight is 453 g/mol. The van der Waals surface area contributed by atoms with Crippen molar-refractivity contribution in [2.24, 2.45) is 0 Å². The number of amides is 2. The van der Waals surface area contributed by atoms with Crippen LogP contribution in [0.25, 0.3) is 11.3 Å². The van der Waals surface area contributed by atoms with Gasteiger partial charge in [0.15, 0.2) is 0 Å². The third-order valence-electron chi connectivity index (χ3n) is 5.57. The summed E-state index contributed by atoms with van der Waals surface area (Å²) >= 11 is 0. The van der Waals surface area contributed by atoms with E-state index in [4.69, 9.17) is 5.10 Å². The molecule has 0 fully saturated rings. The van der Waals surface area contributed by atoms with Crippen molar-refractivity contribution in [3.05, 3.63) is 113 Å². The molecule has 34 heavy (non-hydrogen) atoms.